The van der Waals surface area contributed by atoms with E-state index in [1.165, 1.54) is 0 Å². The lowest BCUT2D eigenvalue weighted by Gasteiger charge is -2.24. The van der Waals surface area contributed by atoms with Crippen LogP contribution in [0.15, 0.2) is 30.3 Å². The van der Waals surface area contributed by atoms with Crippen LogP contribution in [0.1, 0.15) is 25.8 Å². The Morgan fingerprint density at radius 1 is 1.20 bits per heavy atom. The summed E-state index contributed by atoms with van der Waals surface area (Å²) in [6, 6.07) is 6.89. The van der Waals surface area contributed by atoms with Crippen molar-refractivity contribution in [2.45, 2.75) is 39.0 Å². The summed E-state index contributed by atoms with van der Waals surface area (Å²) in [7, 11) is 0. The first-order chi connectivity index (χ1) is 11.9. The highest BCUT2D eigenvalue weighted by Crippen LogP contribution is 2.07. The van der Waals surface area contributed by atoms with Crippen molar-refractivity contribution in [3.63, 3.8) is 0 Å². The van der Waals surface area contributed by atoms with Gasteiger partial charge in [-0.05, 0) is 11.5 Å². The van der Waals surface area contributed by atoms with Crippen LogP contribution < -0.4 is 16.4 Å². The maximum atomic E-state index is 12.2. The molecule has 5 N–H and O–H groups in total. The van der Waals surface area contributed by atoms with Crippen LogP contribution in [0.25, 0.3) is 0 Å². The van der Waals surface area contributed by atoms with Crippen LogP contribution in [0.4, 0.5) is 4.79 Å². The molecule has 0 aliphatic rings. The molecule has 0 aromatic heterocycles. The lowest BCUT2D eigenvalue weighted by atomic mass is 9.98. The molecule has 0 aliphatic carbocycles. The smallest absolute Gasteiger partial charge is 0.408 e. The molecule has 1 rings (SSSR count). The number of ether oxygens (including phenoxy) is 1. The van der Waals surface area contributed by atoms with Crippen molar-refractivity contribution in [2.24, 2.45) is 11.7 Å². The SMILES string of the molecule is CC[C@@H](C)[C@@H](NC(=O)[C@H](CO)NC(=O)OCc1ccccc1)C(N)=O. The van der Waals surface area contributed by atoms with Gasteiger partial charge in [0.25, 0.3) is 0 Å². The van der Waals surface area contributed by atoms with Gasteiger partial charge in [-0.25, -0.2) is 4.79 Å². The highest BCUT2D eigenvalue weighted by molar-refractivity contribution is 5.90. The number of nitrogens with one attached hydrogen (secondary N) is 2. The fourth-order valence-corrected chi connectivity index (χ4v) is 2.08. The number of alkyl carbamates (subject to hydrolysis) is 1. The molecule has 138 valence electrons. The summed E-state index contributed by atoms with van der Waals surface area (Å²) in [6.45, 7) is 3.02. The number of hydrogen-bond acceptors (Lipinski definition) is 5. The highest BCUT2D eigenvalue weighted by atomic mass is 16.5. The number of amides is 3. The van der Waals surface area contributed by atoms with E-state index in [1.807, 2.05) is 13.0 Å². The molecule has 0 spiro atoms. The highest BCUT2D eigenvalue weighted by Gasteiger charge is 2.28. The fourth-order valence-electron chi connectivity index (χ4n) is 2.08. The first-order valence-corrected chi connectivity index (χ1v) is 8.06. The van der Waals surface area contributed by atoms with Crippen LogP contribution in [0, 0.1) is 5.92 Å². The molecule has 0 heterocycles. The van der Waals surface area contributed by atoms with Crippen molar-refractivity contribution in [1.29, 1.82) is 0 Å². The van der Waals surface area contributed by atoms with Crippen molar-refractivity contribution in [1.82, 2.24) is 10.6 Å². The maximum absolute atomic E-state index is 12.2. The van der Waals surface area contributed by atoms with Crippen LogP contribution in [0.3, 0.4) is 0 Å². The maximum Gasteiger partial charge on any atom is 0.408 e. The van der Waals surface area contributed by atoms with Gasteiger partial charge in [0, 0.05) is 0 Å². The average Bonchev–Trinajstić information content (AvgIpc) is 2.62. The zero-order chi connectivity index (χ0) is 18.8. The van der Waals surface area contributed by atoms with E-state index >= 15 is 0 Å². The minimum Gasteiger partial charge on any atom is -0.445 e. The zero-order valence-electron chi connectivity index (χ0n) is 14.4. The number of carbonyl (C=O) groups is 3. The van der Waals surface area contributed by atoms with Crippen LogP contribution >= 0.6 is 0 Å². The molecule has 0 aliphatic heterocycles. The Balaban J connectivity index is 2.57. The van der Waals surface area contributed by atoms with Crippen LogP contribution in [-0.4, -0.2) is 41.7 Å². The monoisotopic (exact) mass is 351 g/mol. The molecule has 8 heteroatoms. The van der Waals surface area contributed by atoms with E-state index in [-0.39, 0.29) is 12.5 Å². The second-order valence-corrected chi connectivity index (χ2v) is 5.72. The average molecular weight is 351 g/mol. The molecule has 0 radical (unpaired) electrons. The summed E-state index contributed by atoms with van der Waals surface area (Å²) in [5, 5.41) is 14.0. The van der Waals surface area contributed by atoms with Crippen LogP contribution in [-0.2, 0) is 20.9 Å². The third-order valence-corrected chi connectivity index (χ3v) is 3.82. The number of aliphatic hydroxyl groups is 1. The summed E-state index contributed by atoms with van der Waals surface area (Å²) in [5.41, 5.74) is 6.07. The summed E-state index contributed by atoms with van der Waals surface area (Å²) in [5.74, 6) is -1.56. The predicted octanol–water partition coefficient (Wildman–Crippen LogP) is 0.290. The molecule has 3 amide bonds. The summed E-state index contributed by atoms with van der Waals surface area (Å²) in [4.78, 5) is 35.4. The Morgan fingerprint density at radius 3 is 2.36 bits per heavy atom. The van der Waals surface area contributed by atoms with E-state index in [0.29, 0.717) is 6.42 Å². The topological polar surface area (TPSA) is 131 Å². The molecule has 3 atom stereocenters. The van der Waals surface area contributed by atoms with E-state index in [1.54, 1.807) is 31.2 Å². The van der Waals surface area contributed by atoms with Gasteiger partial charge < -0.3 is 26.2 Å². The number of aliphatic hydroxyl groups excluding tert-OH is 1. The fraction of sp³-hybridized carbons (Fsp3) is 0.471. The Morgan fingerprint density at radius 2 is 1.84 bits per heavy atom. The van der Waals surface area contributed by atoms with Crippen molar-refractivity contribution in [3.8, 4) is 0 Å². The lowest BCUT2D eigenvalue weighted by Crippen LogP contribution is -2.56. The van der Waals surface area contributed by atoms with Crippen molar-refractivity contribution < 1.29 is 24.2 Å². The van der Waals surface area contributed by atoms with Gasteiger partial charge in [0.15, 0.2) is 0 Å². The third-order valence-electron chi connectivity index (χ3n) is 3.82. The van der Waals surface area contributed by atoms with E-state index in [4.69, 9.17) is 10.5 Å². The molecular weight excluding hydrogens is 326 g/mol. The molecule has 25 heavy (non-hydrogen) atoms. The predicted molar refractivity (Wildman–Crippen MR) is 91.2 cm³/mol. The van der Waals surface area contributed by atoms with Gasteiger partial charge in [0.1, 0.15) is 18.7 Å². The minimum absolute atomic E-state index is 0.0310. The molecule has 0 fully saturated rings. The lowest BCUT2D eigenvalue weighted by molar-refractivity contribution is -0.130. The number of hydrogen-bond donors (Lipinski definition) is 4. The Labute approximate surface area is 146 Å². The number of carbonyl (C=O) groups excluding carboxylic acids is 3. The van der Waals surface area contributed by atoms with Gasteiger partial charge in [-0.15, -0.1) is 0 Å². The molecule has 8 nitrogen and oxygen atoms in total. The summed E-state index contributed by atoms with van der Waals surface area (Å²) in [6.07, 6.45) is -0.221. The molecule has 1 aromatic carbocycles. The first kappa shape index (κ1) is 20.4. The second kappa shape index (κ2) is 10.3. The number of primary amides is 1. The van der Waals surface area contributed by atoms with Gasteiger partial charge >= 0.3 is 6.09 Å². The summed E-state index contributed by atoms with van der Waals surface area (Å²) >= 11 is 0. The number of rotatable bonds is 9. The normalized spacial score (nSPS) is 14.0. The molecular formula is C17H25N3O5. The van der Waals surface area contributed by atoms with Crippen molar-refractivity contribution >= 4 is 17.9 Å². The van der Waals surface area contributed by atoms with E-state index in [9.17, 15) is 19.5 Å². The molecule has 0 saturated heterocycles. The molecule has 1 aromatic rings. The quantitative estimate of drug-likeness (QED) is 0.508. The zero-order valence-corrected chi connectivity index (χ0v) is 14.4. The van der Waals surface area contributed by atoms with Crippen LogP contribution in [0.5, 0.6) is 0 Å². The Kier molecular flexibility index (Phi) is 8.42. The summed E-state index contributed by atoms with van der Waals surface area (Å²) < 4.78 is 5.00. The molecule has 0 unspecified atom stereocenters. The largest absolute Gasteiger partial charge is 0.445 e. The van der Waals surface area contributed by atoms with Crippen molar-refractivity contribution in [2.75, 3.05) is 6.61 Å². The van der Waals surface area contributed by atoms with Gasteiger partial charge in [0.05, 0.1) is 6.61 Å². The van der Waals surface area contributed by atoms with E-state index in [0.717, 1.165) is 5.56 Å². The van der Waals surface area contributed by atoms with Gasteiger partial charge in [-0.3, -0.25) is 9.59 Å². The third kappa shape index (κ3) is 6.80. The number of nitrogens with two attached hydrogens (primary N) is 1. The van der Waals surface area contributed by atoms with E-state index < -0.39 is 36.6 Å². The number of benzene rings is 1. The van der Waals surface area contributed by atoms with Crippen LogP contribution in [0.2, 0.25) is 0 Å². The standard InChI is InChI=1S/C17H25N3O5/c1-3-11(2)14(15(18)22)20-16(23)13(9-21)19-17(24)25-10-12-7-5-4-6-8-12/h4-8,11,13-14,21H,3,9-10H2,1-2H3,(H2,18,22)(H,19,24)(H,20,23)/t11-,13+,14-/m1/s1. The van der Waals surface area contributed by atoms with Gasteiger partial charge in [-0.2, -0.15) is 0 Å². The van der Waals surface area contributed by atoms with Gasteiger partial charge in [-0.1, -0.05) is 50.6 Å². The second-order valence-electron chi connectivity index (χ2n) is 5.72. The molecule has 0 saturated carbocycles. The Bertz CT molecular complexity index is 579. The molecule has 0 bridgehead atoms. The minimum atomic E-state index is -1.24. The Hall–Kier alpha value is -2.61. The van der Waals surface area contributed by atoms with E-state index in [2.05, 4.69) is 10.6 Å². The van der Waals surface area contributed by atoms with Gasteiger partial charge in [0.2, 0.25) is 11.8 Å². The van der Waals surface area contributed by atoms with Crippen molar-refractivity contribution in [3.05, 3.63) is 35.9 Å². The first-order valence-electron chi connectivity index (χ1n) is 8.06.